The highest BCUT2D eigenvalue weighted by Crippen LogP contribution is 2.25. The van der Waals surface area contributed by atoms with Crippen LogP contribution in [0.15, 0.2) is 18.2 Å². The number of rotatable bonds is 3. The zero-order valence-corrected chi connectivity index (χ0v) is 10.8. The van der Waals surface area contributed by atoms with E-state index in [0.717, 1.165) is 29.7 Å². The van der Waals surface area contributed by atoms with Gasteiger partial charge in [0.25, 0.3) is 5.91 Å². The summed E-state index contributed by atoms with van der Waals surface area (Å²) in [6.45, 7) is 2.02. The number of anilines is 1. The van der Waals surface area contributed by atoms with Crippen LogP contribution in [0.2, 0.25) is 0 Å². The summed E-state index contributed by atoms with van der Waals surface area (Å²) in [5.41, 5.74) is 2.98. The van der Waals surface area contributed by atoms with Crippen molar-refractivity contribution in [2.45, 2.75) is 32.2 Å². The molecular weight excluding hydrogens is 212 g/mol. The summed E-state index contributed by atoms with van der Waals surface area (Å²) in [4.78, 5) is 14.1. The number of benzene rings is 1. The molecule has 3 nitrogen and oxygen atoms in total. The number of nitrogens with one attached hydrogen (secondary N) is 1. The Balaban J connectivity index is 2.15. The maximum Gasteiger partial charge on any atom is 0.253 e. The van der Waals surface area contributed by atoms with Crippen LogP contribution in [-0.2, 0) is 0 Å². The van der Waals surface area contributed by atoms with Crippen LogP contribution in [0.5, 0.6) is 0 Å². The van der Waals surface area contributed by atoms with E-state index < -0.39 is 0 Å². The summed E-state index contributed by atoms with van der Waals surface area (Å²) >= 11 is 0. The summed E-state index contributed by atoms with van der Waals surface area (Å²) in [6.07, 6.45) is 3.55. The van der Waals surface area contributed by atoms with Crippen LogP contribution >= 0.6 is 0 Å². The Bertz CT molecular complexity index is 424. The van der Waals surface area contributed by atoms with Gasteiger partial charge in [0, 0.05) is 31.4 Å². The molecular formula is C14H20N2O. The van der Waals surface area contributed by atoms with Gasteiger partial charge in [-0.1, -0.05) is 0 Å². The molecule has 1 amide bonds. The van der Waals surface area contributed by atoms with E-state index in [1.165, 1.54) is 6.42 Å². The van der Waals surface area contributed by atoms with Crippen LogP contribution in [-0.4, -0.2) is 30.9 Å². The van der Waals surface area contributed by atoms with Crippen molar-refractivity contribution in [3.8, 4) is 0 Å². The lowest BCUT2D eigenvalue weighted by Gasteiger charge is -2.34. The second kappa shape index (κ2) is 4.78. The van der Waals surface area contributed by atoms with Crippen molar-refractivity contribution in [2.75, 3.05) is 19.4 Å². The van der Waals surface area contributed by atoms with Crippen LogP contribution in [0.25, 0.3) is 0 Å². The average molecular weight is 232 g/mol. The van der Waals surface area contributed by atoms with Gasteiger partial charge in [-0.15, -0.1) is 0 Å². The molecule has 0 bridgehead atoms. The molecule has 0 aromatic heterocycles. The van der Waals surface area contributed by atoms with Gasteiger partial charge < -0.3 is 10.2 Å². The van der Waals surface area contributed by atoms with Crippen molar-refractivity contribution < 1.29 is 4.79 Å². The van der Waals surface area contributed by atoms with Crippen LogP contribution in [0.4, 0.5) is 5.69 Å². The smallest absolute Gasteiger partial charge is 0.253 e. The van der Waals surface area contributed by atoms with Crippen molar-refractivity contribution in [3.63, 3.8) is 0 Å². The molecule has 1 aliphatic carbocycles. The molecule has 17 heavy (non-hydrogen) atoms. The van der Waals surface area contributed by atoms with Crippen LogP contribution in [0, 0.1) is 6.92 Å². The first-order valence-corrected chi connectivity index (χ1v) is 6.19. The molecule has 0 radical (unpaired) electrons. The van der Waals surface area contributed by atoms with E-state index in [1.807, 2.05) is 44.1 Å². The van der Waals surface area contributed by atoms with E-state index in [9.17, 15) is 4.79 Å². The molecule has 1 aromatic rings. The maximum absolute atomic E-state index is 12.2. The molecule has 3 heteroatoms. The van der Waals surface area contributed by atoms with Gasteiger partial charge in [0.1, 0.15) is 0 Å². The van der Waals surface area contributed by atoms with Gasteiger partial charge in [0.2, 0.25) is 0 Å². The Kier molecular flexibility index (Phi) is 3.36. The number of hydrogen-bond acceptors (Lipinski definition) is 2. The molecule has 0 spiro atoms. The maximum atomic E-state index is 12.2. The summed E-state index contributed by atoms with van der Waals surface area (Å²) in [7, 11) is 3.80. The Hall–Kier alpha value is -1.51. The van der Waals surface area contributed by atoms with E-state index >= 15 is 0 Å². The van der Waals surface area contributed by atoms with Gasteiger partial charge in [-0.3, -0.25) is 4.79 Å². The highest BCUT2D eigenvalue weighted by Gasteiger charge is 2.26. The van der Waals surface area contributed by atoms with E-state index in [-0.39, 0.29) is 5.91 Å². The monoisotopic (exact) mass is 232 g/mol. The minimum absolute atomic E-state index is 0.139. The largest absolute Gasteiger partial charge is 0.388 e. The predicted molar refractivity (Wildman–Crippen MR) is 70.5 cm³/mol. The fourth-order valence-electron chi connectivity index (χ4n) is 2.22. The van der Waals surface area contributed by atoms with Gasteiger partial charge in [0.15, 0.2) is 0 Å². The SMILES string of the molecule is CNc1ccc(C(=O)N(C)C2CCC2)cc1C. The molecule has 0 unspecified atom stereocenters. The van der Waals surface area contributed by atoms with Gasteiger partial charge in [0.05, 0.1) is 0 Å². The lowest BCUT2D eigenvalue weighted by molar-refractivity contribution is 0.0652. The van der Waals surface area contributed by atoms with Crippen molar-refractivity contribution in [2.24, 2.45) is 0 Å². The fourth-order valence-corrected chi connectivity index (χ4v) is 2.22. The topological polar surface area (TPSA) is 32.3 Å². The van der Waals surface area contributed by atoms with E-state index in [1.54, 1.807) is 0 Å². The zero-order valence-electron chi connectivity index (χ0n) is 10.8. The quantitative estimate of drug-likeness (QED) is 0.869. The number of carbonyl (C=O) groups is 1. The molecule has 0 saturated heterocycles. The number of nitrogens with zero attached hydrogens (tertiary/aromatic N) is 1. The third kappa shape index (κ3) is 2.28. The predicted octanol–water partition coefficient (Wildman–Crippen LogP) is 2.66. The summed E-state index contributed by atoms with van der Waals surface area (Å²) in [6, 6.07) is 6.28. The number of amides is 1. The third-order valence-corrected chi connectivity index (χ3v) is 3.69. The minimum atomic E-state index is 0.139. The molecule has 0 aliphatic heterocycles. The molecule has 2 rings (SSSR count). The fraction of sp³-hybridized carbons (Fsp3) is 0.500. The standard InChI is InChI=1S/C14H20N2O/c1-10-9-11(7-8-13(10)15-2)14(17)16(3)12-5-4-6-12/h7-9,12,15H,4-6H2,1-3H3. The second-order valence-corrected chi connectivity index (χ2v) is 4.78. The van der Waals surface area contributed by atoms with Gasteiger partial charge >= 0.3 is 0 Å². The first kappa shape index (κ1) is 12.0. The van der Waals surface area contributed by atoms with E-state index in [0.29, 0.717) is 6.04 Å². The van der Waals surface area contributed by atoms with Crippen molar-refractivity contribution >= 4 is 11.6 Å². The normalized spacial score (nSPS) is 15.2. The Morgan fingerprint density at radius 1 is 1.41 bits per heavy atom. The first-order valence-electron chi connectivity index (χ1n) is 6.19. The molecule has 92 valence electrons. The highest BCUT2D eigenvalue weighted by atomic mass is 16.2. The first-order chi connectivity index (χ1) is 8.13. The summed E-state index contributed by atoms with van der Waals surface area (Å²) < 4.78 is 0. The molecule has 1 N–H and O–H groups in total. The highest BCUT2D eigenvalue weighted by molar-refractivity contribution is 5.95. The summed E-state index contributed by atoms with van der Waals surface area (Å²) in [5, 5.41) is 3.11. The molecule has 1 aromatic carbocycles. The second-order valence-electron chi connectivity index (χ2n) is 4.78. The lowest BCUT2D eigenvalue weighted by Crippen LogP contribution is -2.41. The van der Waals surface area contributed by atoms with Crippen LogP contribution in [0.1, 0.15) is 35.2 Å². The minimum Gasteiger partial charge on any atom is -0.388 e. The zero-order chi connectivity index (χ0) is 12.4. The van der Waals surface area contributed by atoms with Gasteiger partial charge in [-0.25, -0.2) is 0 Å². The third-order valence-electron chi connectivity index (χ3n) is 3.69. The van der Waals surface area contributed by atoms with Crippen LogP contribution < -0.4 is 5.32 Å². The van der Waals surface area contributed by atoms with Crippen molar-refractivity contribution in [1.29, 1.82) is 0 Å². The number of carbonyl (C=O) groups excluding carboxylic acids is 1. The van der Waals surface area contributed by atoms with Gasteiger partial charge in [-0.2, -0.15) is 0 Å². The van der Waals surface area contributed by atoms with E-state index in [2.05, 4.69) is 5.32 Å². The Morgan fingerprint density at radius 3 is 2.59 bits per heavy atom. The van der Waals surface area contributed by atoms with Crippen molar-refractivity contribution in [3.05, 3.63) is 29.3 Å². The van der Waals surface area contributed by atoms with E-state index in [4.69, 9.17) is 0 Å². The van der Waals surface area contributed by atoms with Gasteiger partial charge in [-0.05, 0) is 49.9 Å². The lowest BCUT2D eigenvalue weighted by atomic mass is 9.91. The van der Waals surface area contributed by atoms with Crippen LogP contribution in [0.3, 0.4) is 0 Å². The average Bonchev–Trinajstić information content (AvgIpc) is 2.25. The molecule has 1 fully saturated rings. The van der Waals surface area contributed by atoms with Crippen molar-refractivity contribution in [1.82, 2.24) is 4.90 Å². The number of hydrogen-bond donors (Lipinski definition) is 1. The molecule has 0 atom stereocenters. The molecule has 1 aliphatic rings. The molecule has 0 heterocycles. The Labute approximate surface area is 103 Å². The summed E-state index contributed by atoms with van der Waals surface area (Å²) in [5.74, 6) is 0.139. The number of aryl methyl sites for hydroxylation is 1. The Morgan fingerprint density at radius 2 is 2.12 bits per heavy atom. The molecule has 1 saturated carbocycles.